The first kappa shape index (κ1) is 15.2. The molecule has 0 radical (unpaired) electrons. The van der Waals surface area contributed by atoms with Crippen molar-refractivity contribution in [3.05, 3.63) is 59.9 Å². The number of pyridine rings is 1. The zero-order valence-electron chi connectivity index (χ0n) is 12.7. The lowest BCUT2D eigenvalue weighted by Gasteiger charge is -2.08. The van der Waals surface area contributed by atoms with Crippen LogP contribution in [0.25, 0.3) is 16.9 Å². The maximum atomic E-state index is 10.9. The SMILES string of the molecule is COc1c(-c2ccc(C#N)cc2)cnn1-c1ccc(C(=O)O)cn1. The molecule has 2 heterocycles. The molecular formula is C17H12N4O3. The van der Waals surface area contributed by atoms with Crippen LogP contribution in [0.15, 0.2) is 48.8 Å². The van der Waals surface area contributed by atoms with Crippen molar-refractivity contribution in [2.75, 3.05) is 7.11 Å². The van der Waals surface area contributed by atoms with Crippen LogP contribution in [0.3, 0.4) is 0 Å². The van der Waals surface area contributed by atoms with Crippen molar-refractivity contribution in [3.63, 3.8) is 0 Å². The molecule has 7 nitrogen and oxygen atoms in total. The second-order valence-electron chi connectivity index (χ2n) is 4.88. The number of hydrogen-bond acceptors (Lipinski definition) is 5. The third kappa shape index (κ3) is 2.68. The number of aromatic carboxylic acids is 1. The van der Waals surface area contributed by atoms with Crippen molar-refractivity contribution in [2.45, 2.75) is 0 Å². The van der Waals surface area contributed by atoms with Crippen molar-refractivity contribution in [3.8, 4) is 28.9 Å². The fraction of sp³-hybridized carbons (Fsp3) is 0.0588. The highest BCUT2D eigenvalue weighted by atomic mass is 16.5. The molecule has 0 atom stereocenters. The van der Waals surface area contributed by atoms with E-state index < -0.39 is 5.97 Å². The molecule has 3 aromatic rings. The third-order valence-corrected chi connectivity index (χ3v) is 3.46. The Kier molecular flexibility index (Phi) is 3.95. The Morgan fingerprint density at radius 3 is 2.50 bits per heavy atom. The molecule has 0 spiro atoms. The van der Waals surface area contributed by atoms with E-state index in [0.717, 1.165) is 11.1 Å². The van der Waals surface area contributed by atoms with Crippen LogP contribution < -0.4 is 4.74 Å². The smallest absolute Gasteiger partial charge is 0.337 e. The van der Waals surface area contributed by atoms with Crippen LogP contribution in [0.5, 0.6) is 5.88 Å². The maximum Gasteiger partial charge on any atom is 0.337 e. The van der Waals surface area contributed by atoms with Gasteiger partial charge in [-0.15, -0.1) is 0 Å². The van der Waals surface area contributed by atoms with Gasteiger partial charge in [0, 0.05) is 6.20 Å². The standard InChI is InChI=1S/C17H12N4O3/c1-24-16-14(12-4-2-11(8-18)3-5-12)10-20-21(16)15-7-6-13(9-19-15)17(22)23/h2-7,9-10H,1H3,(H,22,23). The highest BCUT2D eigenvalue weighted by Gasteiger charge is 2.16. The molecule has 3 rings (SSSR count). The van der Waals surface area contributed by atoms with Crippen LogP contribution in [0.2, 0.25) is 0 Å². The van der Waals surface area contributed by atoms with Gasteiger partial charge in [-0.25, -0.2) is 9.78 Å². The Morgan fingerprint density at radius 2 is 1.96 bits per heavy atom. The number of aromatic nitrogens is 3. The maximum absolute atomic E-state index is 10.9. The molecule has 0 saturated carbocycles. The minimum atomic E-state index is -1.04. The van der Waals surface area contributed by atoms with E-state index in [9.17, 15) is 4.79 Å². The summed E-state index contributed by atoms with van der Waals surface area (Å²) in [5, 5.41) is 22.1. The van der Waals surface area contributed by atoms with E-state index in [1.165, 1.54) is 24.1 Å². The second kappa shape index (κ2) is 6.22. The van der Waals surface area contributed by atoms with Gasteiger partial charge in [-0.2, -0.15) is 15.0 Å². The average molecular weight is 320 g/mol. The van der Waals surface area contributed by atoms with Crippen LogP contribution in [-0.2, 0) is 0 Å². The first-order valence-electron chi connectivity index (χ1n) is 6.96. The predicted molar refractivity (Wildman–Crippen MR) is 85.0 cm³/mol. The Bertz CT molecular complexity index is 922. The lowest BCUT2D eigenvalue weighted by molar-refractivity contribution is 0.0696. The zero-order valence-corrected chi connectivity index (χ0v) is 12.7. The summed E-state index contributed by atoms with van der Waals surface area (Å²) >= 11 is 0. The van der Waals surface area contributed by atoms with Crippen molar-refractivity contribution in [2.24, 2.45) is 0 Å². The summed E-state index contributed by atoms with van der Waals surface area (Å²) in [6, 6.07) is 12.1. The summed E-state index contributed by atoms with van der Waals surface area (Å²) in [6.07, 6.45) is 2.90. The number of nitriles is 1. The summed E-state index contributed by atoms with van der Waals surface area (Å²) < 4.78 is 6.92. The molecule has 1 aromatic carbocycles. The number of ether oxygens (including phenoxy) is 1. The lowest BCUT2D eigenvalue weighted by atomic mass is 10.1. The first-order chi connectivity index (χ1) is 11.6. The lowest BCUT2D eigenvalue weighted by Crippen LogP contribution is -2.04. The summed E-state index contributed by atoms with van der Waals surface area (Å²) in [5.41, 5.74) is 2.25. The normalized spacial score (nSPS) is 10.2. The van der Waals surface area contributed by atoms with E-state index in [1.54, 1.807) is 24.4 Å². The molecule has 0 aliphatic carbocycles. The van der Waals surface area contributed by atoms with E-state index in [0.29, 0.717) is 17.3 Å². The Hall–Kier alpha value is -3.66. The van der Waals surface area contributed by atoms with Gasteiger partial charge >= 0.3 is 5.97 Å². The largest absolute Gasteiger partial charge is 0.480 e. The molecule has 7 heteroatoms. The quantitative estimate of drug-likeness (QED) is 0.792. The van der Waals surface area contributed by atoms with Crippen molar-refractivity contribution in [1.29, 1.82) is 5.26 Å². The monoisotopic (exact) mass is 320 g/mol. The predicted octanol–water partition coefficient (Wildman–Crippen LogP) is 2.51. The minimum Gasteiger partial charge on any atom is -0.480 e. The molecule has 0 unspecified atom stereocenters. The summed E-state index contributed by atoms with van der Waals surface area (Å²) in [5.74, 6) is -0.133. The molecule has 0 fully saturated rings. The molecule has 0 saturated heterocycles. The number of rotatable bonds is 4. The summed E-state index contributed by atoms with van der Waals surface area (Å²) in [6.45, 7) is 0. The average Bonchev–Trinajstić information content (AvgIpc) is 3.05. The Balaban J connectivity index is 2.03. The molecule has 118 valence electrons. The number of hydrogen-bond donors (Lipinski definition) is 1. The van der Waals surface area contributed by atoms with Crippen LogP contribution in [-0.4, -0.2) is 33.0 Å². The van der Waals surface area contributed by atoms with E-state index in [2.05, 4.69) is 16.2 Å². The number of nitrogens with zero attached hydrogens (tertiary/aromatic N) is 4. The number of benzene rings is 1. The van der Waals surface area contributed by atoms with Crippen LogP contribution >= 0.6 is 0 Å². The van der Waals surface area contributed by atoms with Gasteiger partial charge in [0.15, 0.2) is 5.82 Å². The number of carboxylic acid groups (broad SMARTS) is 1. The molecular weight excluding hydrogens is 308 g/mol. The first-order valence-corrected chi connectivity index (χ1v) is 6.96. The van der Waals surface area contributed by atoms with E-state index in [-0.39, 0.29) is 5.56 Å². The number of methoxy groups -OCH3 is 1. The second-order valence-corrected chi connectivity index (χ2v) is 4.88. The number of carbonyl (C=O) groups is 1. The molecule has 0 bridgehead atoms. The molecule has 0 amide bonds. The van der Waals surface area contributed by atoms with Gasteiger partial charge in [-0.1, -0.05) is 12.1 Å². The van der Waals surface area contributed by atoms with Gasteiger partial charge in [0.25, 0.3) is 0 Å². The minimum absolute atomic E-state index is 0.0946. The molecule has 24 heavy (non-hydrogen) atoms. The van der Waals surface area contributed by atoms with Crippen LogP contribution in [0, 0.1) is 11.3 Å². The summed E-state index contributed by atoms with van der Waals surface area (Å²) in [7, 11) is 1.52. The van der Waals surface area contributed by atoms with Crippen molar-refractivity contribution < 1.29 is 14.6 Å². The number of carboxylic acids is 1. The zero-order chi connectivity index (χ0) is 17.1. The van der Waals surface area contributed by atoms with Crippen LogP contribution in [0.1, 0.15) is 15.9 Å². The molecule has 2 aromatic heterocycles. The molecule has 0 aliphatic rings. The van der Waals surface area contributed by atoms with Gasteiger partial charge in [0.05, 0.1) is 36.1 Å². The van der Waals surface area contributed by atoms with Gasteiger partial charge in [0.1, 0.15) is 0 Å². The van der Waals surface area contributed by atoms with Gasteiger partial charge in [-0.05, 0) is 29.8 Å². The van der Waals surface area contributed by atoms with Gasteiger partial charge < -0.3 is 9.84 Å². The highest BCUT2D eigenvalue weighted by Crippen LogP contribution is 2.31. The van der Waals surface area contributed by atoms with E-state index >= 15 is 0 Å². The molecule has 1 N–H and O–H groups in total. The Morgan fingerprint density at radius 1 is 1.21 bits per heavy atom. The summed E-state index contributed by atoms with van der Waals surface area (Å²) in [4.78, 5) is 15.0. The highest BCUT2D eigenvalue weighted by molar-refractivity contribution is 5.87. The fourth-order valence-corrected chi connectivity index (χ4v) is 2.26. The third-order valence-electron chi connectivity index (χ3n) is 3.46. The Labute approximate surface area is 137 Å². The van der Waals surface area contributed by atoms with E-state index in [4.69, 9.17) is 15.1 Å². The van der Waals surface area contributed by atoms with Crippen molar-refractivity contribution >= 4 is 5.97 Å². The van der Waals surface area contributed by atoms with E-state index in [1.807, 2.05) is 12.1 Å². The van der Waals surface area contributed by atoms with Gasteiger partial charge in [-0.3, -0.25) is 0 Å². The fourth-order valence-electron chi connectivity index (χ4n) is 2.26. The topological polar surface area (TPSA) is 101 Å². The van der Waals surface area contributed by atoms with Crippen molar-refractivity contribution in [1.82, 2.24) is 14.8 Å². The van der Waals surface area contributed by atoms with Gasteiger partial charge in [0.2, 0.25) is 5.88 Å². The van der Waals surface area contributed by atoms with Crippen LogP contribution in [0.4, 0.5) is 0 Å². The molecule has 0 aliphatic heterocycles.